The van der Waals surface area contributed by atoms with Crippen LogP contribution in [-0.4, -0.2) is 62.2 Å². The molecule has 1 rings (SSSR count). The van der Waals surface area contributed by atoms with E-state index >= 15 is 0 Å². The van der Waals surface area contributed by atoms with Crippen molar-refractivity contribution in [3.05, 3.63) is 0 Å². The molecule has 0 saturated carbocycles. The number of aliphatic hydroxyl groups is 4. The van der Waals surface area contributed by atoms with Gasteiger partial charge in [0.1, 0.15) is 18.3 Å². The molecule has 0 aromatic rings. The maximum atomic E-state index is 10.4. The van der Waals surface area contributed by atoms with Gasteiger partial charge in [0.25, 0.3) is 0 Å². The van der Waals surface area contributed by atoms with Crippen molar-refractivity contribution in [1.82, 2.24) is 0 Å². The van der Waals surface area contributed by atoms with Crippen LogP contribution in [0.5, 0.6) is 0 Å². The zero-order valence-electron chi connectivity index (χ0n) is 6.44. The lowest BCUT2D eigenvalue weighted by Gasteiger charge is -2.36. The van der Waals surface area contributed by atoms with Gasteiger partial charge >= 0.3 is 5.97 Å². The lowest BCUT2D eigenvalue weighted by Crippen LogP contribution is -2.59. The summed E-state index contributed by atoms with van der Waals surface area (Å²) in [6.07, 6.45) is -8.72. The Hall–Kier alpha value is -0.730. The zero-order chi connectivity index (χ0) is 10.2. The lowest BCUT2D eigenvalue weighted by molar-refractivity contribution is -0.279. The topological polar surface area (TPSA) is 127 Å². The Balaban J connectivity index is 2.76. The Kier molecular flexibility index (Phi) is 2.84. The number of hydrogen-bond acceptors (Lipinski definition) is 6. The monoisotopic (exact) mass is 194 g/mol. The summed E-state index contributed by atoms with van der Waals surface area (Å²) in [5.74, 6) is -1.52. The fourth-order valence-electron chi connectivity index (χ4n) is 1.07. The van der Waals surface area contributed by atoms with Crippen LogP contribution in [0, 0.1) is 0 Å². The van der Waals surface area contributed by atoms with Crippen molar-refractivity contribution in [3.63, 3.8) is 0 Å². The Morgan fingerprint density at radius 1 is 1.00 bits per heavy atom. The van der Waals surface area contributed by atoms with Gasteiger partial charge in [-0.3, -0.25) is 0 Å². The Morgan fingerprint density at radius 2 is 1.54 bits per heavy atom. The molecule has 0 aromatic carbocycles. The van der Waals surface area contributed by atoms with Crippen LogP contribution in [0.2, 0.25) is 0 Å². The second-order valence-corrected chi connectivity index (χ2v) is 2.76. The zero-order valence-corrected chi connectivity index (χ0v) is 6.44. The molecule has 7 heteroatoms. The minimum atomic E-state index is -1.81. The van der Waals surface area contributed by atoms with Crippen LogP contribution in [0.1, 0.15) is 0 Å². The number of aliphatic hydroxyl groups excluding tert-OH is 4. The van der Waals surface area contributed by atoms with Crippen molar-refractivity contribution in [1.29, 1.82) is 0 Å². The molecule has 1 unspecified atom stereocenters. The standard InChI is InChI=1S/C6H10O7/c7-1-2(8)4(5(10)11)13-6(12)3(1)9/h1-4,6-9,12H,(H,10,11)/t1-,2-,3-,4+,6?/m0/s1. The van der Waals surface area contributed by atoms with E-state index in [1.54, 1.807) is 0 Å². The summed E-state index contributed by atoms with van der Waals surface area (Å²) < 4.78 is 4.34. The fourth-order valence-corrected chi connectivity index (χ4v) is 1.07. The molecule has 7 nitrogen and oxygen atoms in total. The Morgan fingerprint density at radius 3 is 2.00 bits per heavy atom. The van der Waals surface area contributed by atoms with Gasteiger partial charge in [-0.15, -0.1) is 0 Å². The molecule has 13 heavy (non-hydrogen) atoms. The molecule has 0 spiro atoms. The Labute approximate surface area is 72.8 Å². The predicted molar refractivity (Wildman–Crippen MR) is 36.5 cm³/mol. The average molecular weight is 194 g/mol. The molecule has 5 N–H and O–H groups in total. The molecule has 5 atom stereocenters. The van der Waals surface area contributed by atoms with Crippen molar-refractivity contribution in [2.45, 2.75) is 30.7 Å². The van der Waals surface area contributed by atoms with Gasteiger partial charge in [0.05, 0.1) is 0 Å². The first-order valence-electron chi connectivity index (χ1n) is 3.55. The number of ether oxygens (including phenoxy) is 1. The highest BCUT2D eigenvalue weighted by Gasteiger charge is 2.46. The third kappa shape index (κ3) is 1.79. The van der Waals surface area contributed by atoms with Crippen LogP contribution in [0.4, 0.5) is 0 Å². The molecule has 0 aromatic heterocycles. The predicted octanol–water partition coefficient (Wildman–Crippen LogP) is -3.13. The molecule has 76 valence electrons. The van der Waals surface area contributed by atoms with Gasteiger partial charge in [-0.05, 0) is 0 Å². The maximum absolute atomic E-state index is 10.4. The normalized spacial score (nSPS) is 46.0. The van der Waals surface area contributed by atoms with Gasteiger partial charge in [-0.25, -0.2) is 4.79 Å². The minimum absolute atomic E-state index is 1.52. The smallest absolute Gasteiger partial charge is 0.335 e. The van der Waals surface area contributed by atoms with E-state index in [9.17, 15) is 4.79 Å². The molecular formula is C6H10O7. The number of hydrogen-bond donors (Lipinski definition) is 5. The highest BCUT2D eigenvalue weighted by atomic mass is 16.6. The largest absolute Gasteiger partial charge is 0.479 e. The molecular weight excluding hydrogens is 184 g/mol. The molecule has 1 aliphatic heterocycles. The fraction of sp³-hybridized carbons (Fsp3) is 0.833. The maximum Gasteiger partial charge on any atom is 0.335 e. The molecule has 0 radical (unpaired) electrons. The molecule has 0 amide bonds. The molecule has 1 fully saturated rings. The van der Waals surface area contributed by atoms with E-state index < -0.39 is 36.7 Å². The van der Waals surface area contributed by atoms with E-state index in [-0.39, 0.29) is 0 Å². The third-order valence-electron chi connectivity index (χ3n) is 1.83. The molecule has 0 aliphatic carbocycles. The second-order valence-electron chi connectivity index (χ2n) is 2.76. The van der Waals surface area contributed by atoms with Crippen LogP contribution in [0.25, 0.3) is 0 Å². The number of carboxylic acid groups (broad SMARTS) is 1. The minimum Gasteiger partial charge on any atom is -0.479 e. The summed E-state index contributed by atoms with van der Waals surface area (Å²) in [6, 6.07) is 0. The van der Waals surface area contributed by atoms with Crippen LogP contribution >= 0.6 is 0 Å². The summed E-state index contributed by atoms with van der Waals surface area (Å²) in [5.41, 5.74) is 0. The molecule has 1 saturated heterocycles. The Bertz CT molecular complexity index is 205. The highest BCUT2D eigenvalue weighted by molar-refractivity contribution is 5.73. The first-order valence-corrected chi connectivity index (χ1v) is 3.55. The van der Waals surface area contributed by atoms with Crippen molar-refractivity contribution in [3.8, 4) is 0 Å². The van der Waals surface area contributed by atoms with E-state index in [1.807, 2.05) is 0 Å². The quantitative estimate of drug-likeness (QED) is 0.298. The summed E-state index contributed by atoms with van der Waals surface area (Å²) in [5, 5.41) is 44.4. The number of carbonyl (C=O) groups is 1. The van der Waals surface area contributed by atoms with Crippen molar-refractivity contribution >= 4 is 5.97 Å². The SMILES string of the molecule is O=C(O)[C@@H]1OC(O)[C@@H](O)[C@@H](O)[C@@H]1O. The summed E-state index contributed by atoms with van der Waals surface area (Å²) >= 11 is 0. The van der Waals surface area contributed by atoms with Gasteiger partial charge in [-0.2, -0.15) is 0 Å². The van der Waals surface area contributed by atoms with Gasteiger partial charge in [-0.1, -0.05) is 0 Å². The second kappa shape index (κ2) is 3.56. The lowest BCUT2D eigenvalue weighted by atomic mass is 9.99. The summed E-state index contributed by atoms with van der Waals surface area (Å²) in [6.45, 7) is 0. The summed E-state index contributed by atoms with van der Waals surface area (Å²) in [7, 11) is 0. The van der Waals surface area contributed by atoms with E-state index in [2.05, 4.69) is 4.74 Å². The number of aliphatic carboxylic acids is 1. The van der Waals surface area contributed by atoms with Crippen LogP contribution in [-0.2, 0) is 9.53 Å². The van der Waals surface area contributed by atoms with Crippen LogP contribution < -0.4 is 0 Å². The van der Waals surface area contributed by atoms with E-state index in [0.717, 1.165) is 0 Å². The number of carboxylic acids is 1. The van der Waals surface area contributed by atoms with Crippen molar-refractivity contribution < 1.29 is 35.1 Å². The third-order valence-corrected chi connectivity index (χ3v) is 1.83. The number of rotatable bonds is 1. The van der Waals surface area contributed by atoms with E-state index in [0.29, 0.717) is 0 Å². The molecule has 1 aliphatic rings. The first-order chi connectivity index (χ1) is 5.95. The van der Waals surface area contributed by atoms with E-state index in [4.69, 9.17) is 25.5 Å². The molecule has 1 heterocycles. The summed E-state index contributed by atoms with van der Waals surface area (Å²) in [4.78, 5) is 10.4. The van der Waals surface area contributed by atoms with Crippen LogP contribution in [0.3, 0.4) is 0 Å². The van der Waals surface area contributed by atoms with Gasteiger partial charge in [0.15, 0.2) is 12.4 Å². The first kappa shape index (κ1) is 10.4. The van der Waals surface area contributed by atoms with Crippen LogP contribution in [0.15, 0.2) is 0 Å². The van der Waals surface area contributed by atoms with E-state index in [1.165, 1.54) is 0 Å². The van der Waals surface area contributed by atoms with Gasteiger partial charge in [0, 0.05) is 0 Å². The van der Waals surface area contributed by atoms with Gasteiger partial charge < -0.3 is 30.3 Å². The van der Waals surface area contributed by atoms with Crippen molar-refractivity contribution in [2.75, 3.05) is 0 Å². The average Bonchev–Trinajstić information content (AvgIpc) is 2.07. The van der Waals surface area contributed by atoms with Crippen molar-refractivity contribution in [2.24, 2.45) is 0 Å². The van der Waals surface area contributed by atoms with Gasteiger partial charge in [0.2, 0.25) is 0 Å². The molecule has 0 bridgehead atoms. The highest BCUT2D eigenvalue weighted by Crippen LogP contribution is 2.19.